The highest BCUT2D eigenvalue weighted by molar-refractivity contribution is 7.89. The quantitative estimate of drug-likeness (QED) is 0.383. The molecule has 0 N–H and O–H groups in total. The molecule has 2 rings (SSSR count). The van der Waals surface area contributed by atoms with Crippen LogP contribution >= 0.6 is 23.7 Å². The van der Waals surface area contributed by atoms with Crippen molar-refractivity contribution in [2.75, 3.05) is 26.2 Å². The lowest BCUT2D eigenvalue weighted by Gasteiger charge is -2.24. The van der Waals surface area contributed by atoms with E-state index in [1.54, 1.807) is 38.1 Å². The average molecular weight is 567 g/mol. The maximum absolute atomic E-state index is 13.1. The first kappa shape index (κ1) is 29.0. The van der Waals surface area contributed by atoms with Crippen LogP contribution in [0.15, 0.2) is 58.3 Å². The summed E-state index contributed by atoms with van der Waals surface area (Å²) in [7, 11) is -8.30. The van der Waals surface area contributed by atoms with Crippen molar-refractivity contribution in [3.8, 4) is 0 Å². The lowest BCUT2D eigenvalue weighted by molar-refractivity contribution is -0.134. The molecule has 0 aromatic heterocycles. The summed E-state index contributed by atoms with van der Waals surface area (Å²) < 4.78 is 62.2. The Hall–Kier alpha value is -2.22. The number of carbonyl (C=O) groups excluding carboxylic acids is 2. The van der Waals surface area contributed by atoms with Gasteiger partial charge in [0.05, 0.1) is 9.79 Å². The summed E-state index contributed by atoms with van der Waals surface area (Å²) in [6.07, 6.45) is -0.0820. The van der Waals surface area contributed by atoms with Crippen LogP contribution < -0.4 is 0 Å². The van der Waals surface area contributed by atoms with E-state index in [0.29, 0.717) is 0 Å². The van der Waals surface area contributed by atoms with Crippen LogP contribution in [0.25, 0.3) is 0 Å². The normalized spacial score (nSPS) is 12.1. The van der Waals surface area contributed by atoms with Crippen molar-refractivity contribution < 1.29 is 35.0 Å². The monoisotopic (exact) mass is 566 g/mol. The highest BCUT2D eigenvalue weighted by Crippen LogP contribution is 2.20. The SMILES string of the molecule is Cc1ccc(S(=O)(=O)N(CCCN(CC(=O)OCl)S(=O)(=O)c2ccc(C)cc2)CC(=O)OCl)cc1. The number of carbonyl (C=O) groups is 2. The first-order chi connectivity index (χ1) is 16.4. The van der Waals surface area contributed by atoms with Crippen LogP contribution in [0.1, 0.15) is 17.5 Å². The molecule has 0 aliphatic rings. The number of aryl methyl sites for hydroxylation is 2. The molecule has 0 radical (unpaired) electrons. The Bertz CT molecular complexity index is 1140. The van der Waals surface area contributed by atoms with Gasteiger partial charge < -0.3 is 8.58 Å². The van der Waals surface area contributed by atoms with E-state index in [-0.39, 0.29) is 29.3 Å². The molecular formula is C21H24Cl2N2O8S2. The summed E-state index contributed by atoms with van der Waals surface area (Å²) >= 11 is 10.2. The van der Waals surface area contributed by atoms with E-state index in [4.69, 9.17) is 23.7 Å². The van der Waals surface area contributed by atoms with Crippen LogP contribution in [0.4, 0.5) is 0 Å². The van der Waals surface area contributed by atoms with E-state index < -0.39 is 45.1 Å². The minimum atomic E-state index is -4.15. The minimum absolute atomic E-state index is 0.0691. The standard InChI is InChI=1S/C21H24Cl2N2O8S2/c1-16-4-8-18(9-5-16)34(28,29)24(14-20(26)32-22)12-3-13-25(15-21(27)33-23)35(30,31)19-10-6-17(2)7-11-19/h4-11H,3,12-15H2,1-2H3. The molecule has 0 bridgehead atoms. The molecule has 35 heavy (non-hydrogen) atoms. The van der Waals surface area contributed by atoms with Crippen molar-refractivity contribution in [1.29, 1.82) is 0 Å². The van der Waals surface area contributed by atoms with Crippen molar-refractivity contribution in [2.45, 2.75) is 30.1 Å². The average Bonchev–Trinajstić information content (AvgIpc) is 2.82. The third-order valence-electron chi connectivity index (χ3n) is 4.92. The van der Waals surface area contributed by atoms with Gasteiger partial charge in [0.15, 0.2) is 0 Å². The number of rotatable bonds is 12. The molecule has 0 heterocycles. The molecule has 0 amide bonds. The molecule has 192 valence electrons. The van der Waals surface area contributed by atoms with Gasteiger partial charge >= 0.3 is 11.9 Å². The zero-order valence-electron chi connectivity index (χ0n) is 18.9. The molecule has 0 fully saturated rings. The predicted octanol–water partition coefficient (Wildman–Crippen LogP) is 2.77. The Morgan fingerprint density at radius 1 is 0.686 bits per heavy atom. The van der Waals surface area contributed by atoms with E-state index in [1.165, 1.54) is 24.3 Å². The minimum Gasteiger partial charge on any atom is -0.346 e. The molecule has 0 saturated heterocycles. The van der Waals surface area contributed by atoms with Crippen LogP contribution in [-0.2, 0) is 38.2 Å². The third kappa shape index (κ3) is 7.89. The van der Waals surface area contributed by atoms with Gasteiger partial charge in [-0.05, 0) is 44.5 Å². The van der Waals surface area contributed by atoms with Gasteiger partial charge in [0.25, 0.3) is 0 Å². The van der Waals surface area contributed by atoms with Crippen molar-refractivity contribution in [1.82, 2.24) is 8.61 Å². The van der Waals surface area contributed by atoms with E-state index in [1.807, 2.05) is 0 Å². The largest absolute Gasteiger partial charge is 0.346 e. The molecule has 0 aliphatic carbocycles. The van der Waals surface area contributed by atoms with Gasteiger partial charge in [-0.15, -0.1) is 0 Å². The molecular weight excluding hydrogens is 543 g/mol. The van der Waals surface area contributed by atoms with Crippen LogP contribution in [0.2, 0.25) is 0 Å². The number of hydrogen-bond acceptors (Lipinski definition) is 8. The summed E-state index contributed by atoms with van der Waals surface area (Å²) in [6.45, 7) is 1.61. The zero-order chi connectivity index (χ0) is 26.2. The van der Waals surface area contributed by atoms with Gasteiger partial charge in [-0.1, -0.05) is 35.4 Å². The summed E-state index contributed by atoms with van der Waals surface area (Å²) in [6, 6.07) is 11.9. The number of halogens is 2. The predicted molar refractivity (Wildman–Crippen MR) is 128 cm³/mol. The van der Waals surface area contributed by atoms with Gasteiger partial charge in [0.2, 0.25) is 20.0 Å². The first-order valence-electron chi connectivity index (χ1n) is 10.2. The second kappa shape index (κ2) is 12.7. The van der Waals surface area contributed by atoms with E-state index >= 15 is 0 Å². The Balaban J connectivity index is 2.28. The molecule has 0 aliphatic heterocycles. The number of sulfonamides is 2. The fourth-order valence-electron chi connectivity index (χ4n) is 3.05. The molecule has 2 aromatic rings. The maximum atomic E-state index is 13.1. The van der Waals surface area contributed by atoms with E-state index in [2.05, 4.69) is 8.58 Å². The summed E-state index contributed by atoms with van der Waals surface area (Å²) in [4.78, 5) is 23.4. The van der Waals surface area contributed by atoms with Gasteiger partial charge in [0, 0.05) is 13.1 Å². The highest BCUT2D eigenvalue weighted by Gasteiger charge is 2.30. The highest BCUT2D eigenvalue weighted by atomic mass is 35.5. The van der Waals surface area contributed by atoms with E-state index in [0.717, 1.165) is 19.7 Å². The number of hydrogen-bond donors (Lipinski definition) is 0. The van der Waals surface area contributed by atoms with Crippen LogP contribution in [0, 0.1) is 13.8 Å². The number of benzene rings is 2. The van der Waals surface area contributed by atoms with E-state index in [9.17, 15) is 26.4 Å². The van der Waals surface area contributed by atoms with Crippen LogP contribution in [0.3, 0.4) is 0 Å². The Morgan fingerprint density at radius 3 is 1.29 bits per heavy atom. The van der Waals surface area contributed by atoms with Crippen molar-refractivity contribution in [3.63, 3.8) is 0 Å². The lowest BCUT2D eigenvalue weighted by Crippen LogP contribution is -2.40. The first-order valence-corrected chi connectivity index (χ1v) is 13.7. The van der Waals surface area contributed by atoms with Crippen molar-refractivity contribution in [3.05, 3.63) is 59.7 Å². The van der Waals surface area contributed by atoms with Gasteiger partial charge in [-0.2, -0.15) is 8.61 Å². The summed E-state index contributed by atoms with van der Waals surface area (Å²) in [5, 5.41) is 0. The summed E-state index contributed by atoms with van der Waals surface area (Å²) in [5.41, 5.74) is 1.66. The topological polar surface area (TPSA) is 127 Å². The Kier molecular flexibility index (Phi) is 10.5. The molecule has 0 unspecified atom stereocenters. The number of nitrogens with zero attached hydrogens (tertiary/aromatic N) is 2. The van der Waals surface area contributed by atoms with Gasteiger partial charge in [0.1, 0.15) is 36.8 Å². The second-order valence-corrected chi connectivity index (χ2v) is 11.7. The van der Waals surface area contributed by atoms with Gasteiger partial charge in [-0.25, -0.2) is 26.4 Å². The smallest absolute Gasteiger partial charge is 0.339 e. The Labute approximate surface area is 214 Å². The third-order valence-corrected chi connectivity index (χ3v) is 8.98. The fraction of sp³-hybridized carbons (Fsp3) is 0.333. The van der Waals surface area contributed by atoms with Gasteiger partial charge in [-0.3, -0.25) is 0 Å². The maximum Gasteiger partial charge on any atom is 0.339 e. The zero-order valence-corrected chi connectivity index (χ0v) is 22.0. The lowest BCUT2D eigenvalue weighted by atomic mass is 10.2. The molecule has 0 saturated carbocycles. The van der Waals surface area contributed by atoms with Crippen LogP contribution in [0.5, 0.6) is 0 Å². The van der Waals surface area contributed by atoms with Crippen LogP contribution in [-0.4, -0.2) is 63.6 Å². The van der Waals surface area contributed by atoms with Crippen molar-refractivity contribution in [2.24, 2.45) is 0 Å². The fourth-order valence-corrected chi connectivity index (χ4v) is 5.99. The molecule has 0 spiro atoms. The summed E-state index contributed by atoms with van der Waals surface area (Å²) in [5.74, 6) is -2.03. The molecule has 14 heteroatoms. The second-order valence-electron chi connectivity index (χ2n) is 7.56. The molecule has 10 nitrogen and oxygen atoms in total. The Morgan fingerprint density at radius 2 is 1.00 bits per heavy atom. The van der Waals surface area contributed by atoms with Crippen molar-refractivity contribution >= 4 is 55.7 Å². The molecule has 0 atom stereocenters. The molecule has 2 aromatic carbocycles.